The van der Waals surface area contributed by atoms with E-state index in [1.165, 1.54) is 0 Å². The van der Waals surface area contributed by atoms with Crippen LogP contribution in [-0.2, 0) is 4.79 Å². The number of rotatable bonds is 3. The van der Waals surface area contributed by atoms with Gasteiger partial charge in [-0.25, -0.2) is 0 Å². The van der Waals surface area contributed by atoms with Crippen molar-refractivity contribution in [3.63, 3.8) is 0 Å². The summed E-state index contributed by atoms with van der Waals surface area (Å²) in [5.41, 5.74) is 2.24. The molecule has 1 atom stereocenters. The highest BCUT2D eigenvalue weighted by Crippen LogP contribution is 2.32. The van der Waals surface area contributed by atoms with Crippen molar-refractivity contribution in [1.82, 2.24) is 30.7 Å². The molecule has 1 amide bonds. The molecule has 4 heterocycles. The Balaban J connectivity index is 1.50. The number of hydrogen-bond acceptors (Lipinski definition) is 6. The number of fused-ring (bicyclic) bond motifs is 3. The standard InChI is InChI=1S/C16H17N7O/c24-16(19-10-1-2-10)9-4-6-23(8-9)12-7-18-20-15-13(12)11-3-5-17-14(11)21-22-15/h3,5,7,9-10H,1-2,4,6,8H2,(H,17,21)(H,19,24). The number of H-pyrrole nitrogens is 1. The van der Waals surface area contributed by atoms with Crippen LogP contribution in [0.2, 0.25) is 0 Å². The summed E-state index contributed by atoms with van der Waals surface area (Å²) in [7, 11) is 0. The quantitative estimate of drug-likeness (QED) is 0.746. The van der Waals surface area contributed by atoms with Gasteiger partial charge in [0.05, 0.1) is 23.2 Å². The maximum absolute atomic E-state index is 12.3. The minimum absolute atomic E-state index is 0.0327. The van der Waals surface area contributed by atoms with E-state index in [1.54, 1.807) is 6.20 Å². The van der Waals surface area contributed by atoms with E-state index in [1.807, 2.05) is 12.3 Å². The molecule has 1 aliphatic heterocycles. The molecule has 0 aromatic carbocycles. The summed E-state index contributed by atoms with van der Waals surface area (Å²) in [4.78, 5) is 17.6. The number of anilines is 1. The topological polar surface area (TPSA) is 99.7 Å². The van der Waals surface area contributed by atoms with Crippen LogP contribution in [0.3, 0.4) is 0 Å². The monoisotopic (exact) mass is 323 g/mol. The van der Waals surface area contributed by atoms with Crippen molar-refractivity contribution < 1.29 is 4.79 Å². The second-order valence-corrected chi connectivity index (χ2v) is 6.58. The summed E-state index contributed by atoms with van der Waals surface area (Å²) in [5, 5.41) is 21.5. The highest BCUT2D eigenvalue weighted by Gasteiger charge is 2.33. The number of carbonyl (C=O) groups excluding carboxylic acids is 1. The van der Waals surface area contributed by atoms with Crippen LogP contribution in [0.15, 0.2) is 18.5 Å². The molecule has 0 spiro atoms. The largest absolute Gasteiger partial charge is 0.369 e. The van der Waals surface area contributed by atoms with Crippen LogP contribution in [0.5, 0.6) is 0 Å². The Hall–Kier alpha value is -2.77. The molecule has 24 heavy (non-hydrogen) atoms. The van der Waals surface area contributed by atoms with E-state index in [2.05, 4.69) is 35.6 Å². The second kappa shape index (κ2) is 5.12. The lowest BCUT2D eigenvalue weighted by molar-refractivity contribution is -0.124. The Labute approximate surface area is 137 Å². The lowest BCUT2D eigenvalue weighted by Gasteiger charge is -2.19. The Bertz CT molecular complexity index is 932. The molecule has 0 radical (unpaired) electrons. The number of aromatic nitrogens is 5. The van der Waals surface area contributed by atoms with Gasteiger partial charge >= 0.3 is 0 Å². The first-order chi connectivity index (χ1) is 11.8. The summed E-state index contributed by atoms with van der Waals surface area (Å²) in [6.07, 6.45) is 6.70. The van der Waals surface area contributed by atoms with E-state index >= 15 is 0 Å². The van der Waals surface area contributed by atoms with Gasteiger partial charge in [0.2, 0.25) is 11.6 Å². The van der Waals surface area contributed by atoms with Gasteiger partial charge in [0.1, 0.15) is 0 Å². The van der Waals surface area contributed by atoms with E-state index in [0.717, 1.165) is 47.9 Å². The van der Waals surface area contributed by atoms with Gasteiger partial charge in [0.15, 0.2) is 5.65 Å². The van der Waals surface area contributed by atoms with E-state index in [0.29, 0.717) is 18.2 Å². The smallest absolute Gasteiger partial charge is 0.225 e. The first-order valence-electron chi connectivity index (χ1n) is 8.30. The SMILES string of the molecule is O=C(NC1CC1)C1CCN(c2cnnc3nnc4[nH]ccc4c23)C1. The molecule has 1 unspecified atom stereocenters. The fourth-order valence-electron chi connectivity index (χ4n) is 3.42. The van der Waals surface area contributed by atoms with Crippen molar-refractivity contribution in [2.75, 3.05) is 18.0 Å². The molecule has 1 saturated heterocycles. The Morgan fingerprint density at radius 1 is 1.25 bits per heavy atom. The number of nitrogens with one attached hydrogen (secondary N) is 2. The minimum atomic E-state index is 0.0327. The van der Waals surface area contributed by atoms with Crippen LogP contribution in [0.4, 0.5) is 5.69 Å². The molecule has 0 bridgehead atoms. The summed E-state index contributed by atoms with van der Waals surface area (Å²) in [6.45, 7) is 1.53. The van der Waals surface area contributed by atoms with Crippen LogP contribution in [0, 0.1) is 5.92 Å². The van der Waals surface area contributed by atoms with Crippen molar-refractivity contribution in [3.05, 3.63) is 18.5 Å². The van der Waals surface area contributed by atoms with E-state index < -0.39 is 0 Å². The predicted octanol–water partition coefficient (Wildman–Crippen LogP) is 1.01. The maximum Gasteiger partial charge on any atom is 0.225 e. The minimum Gasteiger partial charge on any atom is -0.369 e. The van der Waals surface area contributed by atoms with Crippen molar-refractivity contribution >= 4 is 33.7 Å². The van der Waals surface area contributed by atoms with Crippen molar-refractivity contribution in [2.24, 2.45) is 5.92 Å². The summed E-state index contributed by atoms with van der Waals surface area (Å²) < 4.78 is 0. The van der Waals surface area contributed by atoms with Crippen LogP contribution in [-0.4, -0.2) is 50.4 Å². The molecule has 8 nitrogen and oxygen atoms in total. The van der Waals surface area contributed by atoms with Crippen LogP contribution in [0.1, 0.15) is 19.3 Å². The summed E-state index contributed by atoms with van der Waals surface area (Å²) >= 11 is 0. The summed E-state index contributed by atoms with van der Waals surface area (Å²) in [5.74, 6) is 0.211. The number of carbonyl (C=O) groups is 1. The zero-order chi connectivity index (χ0) is 16.1. The number of aromatic amines is 1. The highest BCUT2D eigenvalue weighted by molar-refractivity contribution is 6.08. The molecule has 1 aliphatic carbocycles. The van der Waals surface area contributed by atoms with Gasteiger partial charge in [-0.05, 0) is 25.3 Å². The molecule has 2 N–H and O–H groups in total. The lowest BCUT2D eigenvalue weighted by atomic mass is 10.1. The second-order valence-electron chi connectivity index (χ2n) is 6.58. The Morgan fingerprint density at radius 3 is 3.04 bits per heavy atom. The van der Waals surface area contributed by atoms with Crippen molar-refractivity contribution in [3.8, 4) is 0 Å². The average molecular weight is 323 g/mol. The fraction of sp³-hybridized carbons (Fsp3) is 0.438. The number of nitrogens with zero attached hydrogens (tertiary/aromatic N) is 5. The van der Waals surface area contributed by atoms with Gasteiger partial charge in [-0.15, -0.1) is 15.3 Å². The van der Waals surface area contributed by atoms with Crippen molar-refractivity contribution in [1.29, 1.82) is 0 Å². The maximum atomic E-state index is 12.3. The van der Waals surface area contributed by atoms with Gasteiger partial charge in [-0.3, -0.25) is 4.79 Å². The third kappa shape index (κ3) is 2.17. The number of amides is 1. The number of hydrogen-bond donors (Lipinski definition) is 2. The van der Waals surface area contributed by atoms with Crippen LogP contribution in [0.25, 0.3) is 22.1 Å². The molecule has 2 aliphatic rings. The Kier molecular flexibility index (Phi) is 2.91. The highest BCUT2D eigenvalue weighted by atomic mass is 16.2. The van der Waals surface area contributed by atoms with E-state index in [9.17, 15) is 4.79 Å². The van der Waals surface area contributed by atoms with E-state index in [-0.39, 0.29) is 11.8 Å². The predicted molar refractivity (Wildman–Crippen MR) is 88.5 cm³/mol. The first-order valence-corrected chi connectivity index (χ1v) is 8.30. The zero-order valence-corrected chi connectivity index (χ0v) is 13.1. The van der Waals surface area contributed by atoms with Gasteiger partial charge in [0, 0.05) is 30.7 Å². The molecule has 8 heteroatoms. The third-order valence-corrected chi connectivity index (χ3v) is 4.87. The average Bonchev–Trinajstić information content (AvgIpc) is 3.12. The molecule has 5 rings (SSSR count). The molecule has 3 aromatic heterocycles. The van der Waals surface area contributed by atoms with Gasteiger partial charge in [-0.1, -0.05) is 0 Å². The van der Waals surface area contributed by atoms with Gasteiger partial charge < -0.3 is 15.2 Å². The van der Waals surface area contributed by atoms with Crippen LogP contribution < -0.4 is 10.2 Å². The Morgan fingerprint density at radius 2 is 2.17 bits per heavy atom. The van der Waals surface area contributed by atoms with Crippen molar-refractivity contribution in [2.45, 2.75) is 25.3 Å². The normalized spacial score (nSPS) is 20.8. The molecule has 3 aromatic rings. The fourth-order valence-corrected chi connectivity index (χ4v) is 3.42. The molecular formula is C16H17N7O. The summed E-state index contributed by atoms with van der Waals surface area (Å²) in [6, 6.07) is 2.38. The lowest BCUT2D eigenvalue weighted by Crippen LogP contribution is -2.34. The molecule has 1 saturated carbocycles. The van der Waals surface area contributed by atoms with E-state index in [4.69, 9.17) is 0 Å². The van der Waals surface area contributed by atoms with Gasteiger partial charge in [-0.2, -0.15) is 5.10 Å². The van der Waals surface area contributed by atoms with Crippen LogP contribution >= 0.6 is 0 Å². The molecule has 122 valence electrons. The third-order valence-electron chi connectivity index (χ3n) is 4.87. The van der Waals surface area contributed by atoms with Gasteiger partial charge in [0.25, 0.3) is 0 Å². The molecular weight excluding hydrogens is 306 g/mol. The first kappa shape index (κ1) is 13.6. The molecule has 2 fully saturated rings. The zero-order valence-electron chi connectivity index (χ0n) is 13.1.